The van der Waals surface area contributed by atoms with E-state index in [0.29, 0.717) is 42.4 Å². The number of fused-ring (bicyclic) bond motifs is 1. The average molecular weight is 479 g/mol. The van der Waals surface area contributed by atoms with Gasteiger partial charge in [-0.15, -0.1) is 0 Å². The summed E-state index contributed by atoms with van der Waals surface area (Å²) in [6.07, 6.45) is 1.76. The second-order valence-corrected chi connectivity index (χ2v) is 8.93. The first-order chi connectivity index (χ1) is 16.9. The number of ketones is 1. The predicted molar refractivity (Wildman–Crippen MR) is 127 cm³/mol. The Kier molecular flexibility index (Phi) is 6.12. The van der Waals surface area contributed by atoms with Gasteiger partial charge in [-0.05, 0) is 43.2 Å². The third-order valence-electron chi connectivity index (χ3n) is 6.73. The third-order valence-corrected chi connectivity index (χ3v) is 6.73. The van der Waals surface area contributed by atoms with Crippen LogP contribution in [-0.4, -0.2) is 75.4 Å². The van der Waals surface area contributed by atoms with E-state index >= 15 is 0 Å². The van der Waals surface area contributed by atoms with Crippen LogP contribution in [0.15, 0.2) is 48.2 Å². The van der Waals surface area contributed by atoms with Gasteiger partial charge in [0.1, 0.15) is 17.2 Å². The summed E-state index contributed by atoms with van der Waals surface area (Å²) in [6, 6.07) is 8.58. The first-order valence-electron chi connectivity index (χ1n) is 11.7. The standard InChI is InChI=1S/C26H27FN4O4/c1-16-4-3-9-30-21(17(2)28-25(16)30)23(32)20-22(18-5-7-19(27)8-6-18)31(26(34)24(20)33)11-10-29-12-14-35-15-13-29/h3-9,22,32H,10-15H2,1-2H3/b23-20+/t22-/m0/s1. The van der Waals surface area contributed by atoms with E-state index in [9.17, 15) is 19.1 Å². The fourth-order valence-corrected chi connectivity index (χ4v) is 4.91. The van der Waals surface area contributed by atoms with Crippen LogP contribution in [0.25, 0.3) is 11.4 Å². The number of aromatic nitrogens is 2. The highest BCUT2D eigenvalue weighted by Gasteiger charge is 2.46. The van der Waals surface area contributed by atoms with Crippen molar-refractivity contribution in [1.29, 1.82) is 0 Å². The Hall–Kier alpha value is -3.56. The van der Waals surface area contributed by atoms with Crippen molar-refractivity contribution in [2.75, 3.05) is 39.4 Å². The van der Waals surface area contributed by atoms with Crippen molar-refractivity contribution >= 4 is 23.1 Å². The number of amides is 1. The van der Waals surface area contributed by atoms with Crippen LogP contribution in [0.2, 0.25) is 0 Å². The summed E-state index contributed by atoms with van der Waals surface area (Å²) in [5, 5.41) is 11.5. The second-order valence-electron chi connectivity index (χ2n) is 8.93. The van der Waals surface area contributed by atoms with Crippen LogP contribution in [0.3, 0.4) is 0 Å². The Morgan fingerprint density at radius 1 is 1.11 bits per heavy atom. The molecule has 5 rings (SSSR count). The lowest BCUT2D eigenvalue weighted by Crippen LogP contribution is -2.42. The van der Waals surface area contributed by atoms with Gasteiger partial charge in [-0.3, -0.25) is 18.9 Å². The van der Waals surface area contributed by atoms with Gasteiger partial charge in [-0.1, -0.05) is 18.2 Å². The highest BCUT2D eigenvalue weighted by molar-refractivity contribution is 6.46. The summed E-state index contributed by atoms with van der Waals surface area (Å²) < 4.78 is 20.8. The van der Waals surface area contributed by atoms with Crippen LogP contribution in [0.4, 0.5) is 4.39 Å². The summed E-state index contributed by atoms with van der Waals surface area (Å²) in [7, 11) is 0. The number of imidazole rings is 1. The van der Waals surface area contributed by atoms with Crippen molar-refractivity contribution in [3.63, 3.8) is 0 Å². The molecule has 0 unspecified atom stereocenters. The molecule has 1 aromatic carbocycles. The second kappa shape index (κ2) is 9.24. The van der Waals surface area contributed by atoms with Gasteiger partial charge >= 0.3 is 0 Å². The Bertz CT molecular complexity index is 1330. The van der Waals surface area contributed by atoms with Gasteiger partial charge in [0.15, 0.2) is 5.76 Å². The van der Waals surface area contributed by atoms with Crippen LogP contribution >= 0.6 is 0 Å². The van der Waals surface area contributed by atoms with Crippen molar-refractivity contribution in [3.8, 4) is 0 Å². The molecule has 2 aromatic heterocycles. The molecule has 182 valence electrons. The molecule has 1 N–H and O–H groups in total. The molecule has 0 bridgehead atoms. The Morgan fingerprint density at radius 2 is 1.83 bits per heavy atom. The van der Waals surface area contributed by atoms with Crippen molar-refractivity contribution in [2.24, 2.45) is 0 Å². The zero-order valence-corrected chi connectivity index (χ0v) is 19.7. The number of rotatable bonds is 5. The van der Waals surface area contributed by atoms with E-state index < -0.39 is 23.5 Å². The molecule has 0 radical (unpaired) electrons. The molecule has 2 fully saturated rings. The van der Waals surface area contributed by atoms with Crippen molar-refractivity contribution in [2.45, 2.75) is 19.9 Å². The molecule has 1 atom stereocenters. The van der Waals surface area contributed by atoms with Gasteiger partial charge in [-0.25, -0.2) is 9.37 Å². The number of likely N-dealkylation sites (tertiary alicyclic amines) is 1. The maximum atomic E-state index is 13.7. The molecule has 1 amide bonds. The molecule has 0 spiro atoms. The number of pyridine rings is 1. The average Bonchev–Trinajstić information content (AvgIpc) is 3.33. The topological polar surface area (TPSA) is 87.4 Å². The Labute approximate surface area is 202 Å². The maximum absolute atomic E-state index is 13.7. The number of benzene rings is 1. The fourth-order valence-electron chi connectivity index (χ4n) is 4.91. The number of nitrogens with zero attached hydrogens (tertiary/aromatic N) is 4. The minimum absolute atomic E-state index is 0.0185. The summed E-state index contributed by atoms with van der Waals surface area (Å²) in [5.74, 6) is -2.16. The molecule has 2 aliphatic rings. The summed E-state index contributed by atoms with van der Waals surface area (Å²) in [5.41, 5.74) is 3.00. The predicted octanol–water partition coefficient (Wildman–Crippen LogP) is 2.84. The van der Waals surface area contributed by atoms with Crippen LogP contribution < -0.4 is 0 Å². The zero-order chi connectivity index (χ0) is 24.7. The van der Waals surface area contributed by atoms with Crippen molar-refractivity contribution in [1.82, 2.24) is 19.2 Å². The zero-order valence-electron chi connectivity index (χ0n) is 19.7. The van der Waals surface area contributed by atoms with Crippen molar-refractivity contribution < 1.29 is 23.8 Å². The third kappa shape index (κ3) is 4.11. The molecule has 2 saturated heterocycles. The number of hydrogen-bond acceptors (Lipinski definition) is 6. The number of halogens is 1. The number of morpholine rings is 1. The normalized spacial score (nSPS) is 20.8. The molecule has 35 heavy (non-hydrogen) atoms. The van der Waals surface area contributed by atoms with Gasteiger partial charge in [0.25, 0.3) is 11.7 Å². The fraction of sp³-hybridized carbons (Fsp3) is 0.346. The summed E-state index contributed by atoms with van der Waals surface area (Å²) >= 11 is 0. The van der Waals surface area contributed by atoms with E-state index in [0.717, 1.165) is 18.7 Å². The number of hydrogen-bond donors (Lipinski definition) is 1. The van der Waals surface area contributed by atoms with E-state index in [1.54, 1.807) is 29.7 Å². The van der Waals surface area contributed by atoms with Gasteiger partial charge in [0.05, 0.1) is 30.5 Å². The maximum Gasteiger partial charge on any atom is 0.295 e. The lowest BCUT2D eigenvalue weighted by Gasteiger charge is -2.31. The number of aryl methyl sites for hydroxylation is 2. The molecule has 2 aliphatic heterocycles. The van der Waals surface area contributed by atoms with Gasteiger partial charge < -0.3 is 14.7 Å². The summed E-state index contributed by atoms with van der Waals surface area (Å²) in [4.78, 5) is 34.7. The Morgan fingerprint density at radius 3 is 2.54 bits per heavy atom. The first-order valence-corrected chi connectivity index (χ1v) is 11.7. The largest absolute Gasteiger partial charge is 0.505 e. The van der Waals surface area contributed by atoms with Crippen molar-refractivity contribution in [3.05, 3.63) is 76.5 Å². The lowest BCUT2D eigenvalue weighted by atomic mass is 9.96. The van der Waals surface area contributed by atoms with E-state index in [4.69, 9.17) is 4.74 Å². The first kappa shape index (κ1) is 23.2. The smallest absolute Gasteiger partial charge is 0.295 e. The number of ether oxygens (including phenoxy) is 1. The molecular weight excluding hydrogens is 451 g/mol. The Balaban J connectivity index is 1.62. The number of aliphatic hydroxyl groups is 1. The lowest BCUT2D eigenvalue weighted by molar-refractivity contribution is -0.140. The number of Topliss-reactive ketones (excluding diaryl/α,β-unsaturated/α-hetero) is 1. The molecule has 9 heteroatoms. The SMILES string of the molecule is Cc1nc2c(C)cccn2c1/C(O)=C1\C(=O)C(=O)N(CCN2CCOCC2)[C@H]1c1ccc(F)cc1. The van der Waals surface area contributed by atoms with Crippen LogP contribution in [-0.2, 0) is 14.3 Å². The minimum atomic E-state index is -0.841. The molecule has 4 heterocycles. The van der Waals surface area contributed by atoms with E-state index in [2.05, 4.69) is 9.88 Å². The van der Waals surface area contributed by atoms with Crippen LogP contribution in [0.5, 0.6) is 0 Å². The van der Waals surface area contributed by atoms with Crippen LogP contribution in [0, 0.1) is 19.7 Å². The highest BCUT2D eigenvalue weighted by atomic mass is 19.1. The van der Waals surface area contributed by atoms with Gasteiger partial charge in [-0.2, -0.15) is 0 Å². The van der Waals surface area contributed by atoms with E-state index in [1.807, 2.05) is 19.1 Å². The highest BCUT2D eigenvalue weighted by Crippen LogP contribution is 2.40. The number of carbonyl (C=O) groups is 2. The molecule has 8 nitrogen and oxygen atoms in total. The number of carbonyl (C=O) groups excluding carboxylic acids is 2. The summed E-state index contributed by atoms with van der Waals surface area (Å²) in [6.45, 7) is 7.23. The van der Waals surface area contributed by atoms with E-state index in [1.165, 1.54) is 17.0 Å². The molecule has 3 aromatic rings. The monoisotopic (exact) mass is 478 g/mol. The quantitative estimate of drug-likeness (QED) is 0.345. The van der Waals surface area contributed by atoms with Crippen LogP contribution in [0.1, 0.15) is 28.6 Å². The number of aliphatic hydroxyl groups excluding tert-OH is 1. The van der Waals surface area contributed by atoms with E-state index in [-0.39, 0.29) is 17.9 Å². The minimum Gasteiger partial charge on any atom is -0.505 e. The molecule has 0 saturated carbocycles. The molecular formula is C26H27FN4O4. The van der Waals surface area contributed by atoms with Gasteiger partial charge in [0.2, 0.25) is 0 Å². The molecule has 0 aliphatic carbocycles. The van der Waals surface area contributed by atoms with Gasteiger partial charge in [0, 0.05) is 32.4 Å².